The van der Waals surface area contributed by atoms with Gasteiger partial charge in [-0.15, -0.1) is 0 Å². The Morgan fingerprint density at radius 3 is 2.31 bits per heavy atom. The first-order valence-corrected chi connectivity index (χ1v) is 23.5. The van der Waals surface area contributed by atoms with Crippen LogP contribution in [0.2, 0.25) is 0 Å². The highest BCUT2D eigenvalue weighted by atomic mass is 16.7. The van der Waals surface area contributed by atoms with E-state index in [1.165, 1.54) is 0 Å². The van der Waals surface area contributed by atoms with Crippen LogP contribution in [0.4, 0.5) is 10.5 Å². The number of carbonyl (C=O) groups is 3. The van der Waals surface area contributed by atoms with Gasteiger partial charge in [0.05, 0.1) is 26.2 Å². The standard InChI is InChI=1S/C53H70N6O8/c1-32-44-26-39(53(44,3)4)27-45(32)56-51(63)48-47(33(2)66-52(64)54-28-35-18-20-42(61)21-19-35)46(31-60)67-59(48)29-36-16-13-17-43(49(36)65-9)37-23-38(25-41(24-37)58(7)8)50(62)55-40(30-57(5)6)22-34-14-11-10-12-15-34/h10-21,23-25,32-33,39-40,44-48,60-61H,22,26-31H2,1-9H3,(H,54,64)(H,55,62)(H,56,63)/t32-,33-,39+,40-,44-,45-,46-,47+,48-/m0/s1. The molecule has 9 atom stereocenters. The van der Waals surface area contributed by atoms with Crippen molar-refractivity contribution in [3.05, 3.63) is 113 Å². The molecule has 0 radical (unpaired) electrons. The Labute approximate surface area is 395 Å². The second kappa shape index (κ2) is 21.1. The monoisotopic (exact) mass is 919 g/mol. The van der Waals surface area contributed by atoms with Gasteiger partial charge in [-0.1, -0.05) is 81.4 Å². The largest absolute Gasteiger partial charge is 0.508 e. The maximum absolute atomic E-state index is 14.9. The Morgan fingerprint density at radius 1 is 0.940 bits per heavy atom. The number of alkyl carbamates (subject to hydrolysis) is 1. The molecular formula is C53H70N6O8. The maximum Gasteiger partial charge on any atom is 0.407 e. The number of rotatable bonds is 18. The number of methoxy groups -OCH3 is 1. The van der Waals surface area contributed by atoms with Crippen molar-refractivity contribution in [1.82, 2.24) is 25.9 Å². The SMILES string of the molecule is COc1c(CN2O[C@@H](CO)[C@@H]([C@H](C)OC(=O)NCc3ccc(O)cc3)[C@H]2C(=O)N[C@H]2C[C@H]3C[C@@H]([C@@H]2C)C3(C)C)cccc1-c1cc(C(=O)N[C@@H](Cc2ccccc2)CN(C)C)cc(N(C)C)c1. The number of benzene rings is 4. The fourth-order valence-corrected chi connectivity index (χ4v) is 10.8. The van der Waals surface area contributed by atoms with E-state index >= 15 is 0 Å². The van der Waals surface area contributed by atoms with Crippen molar-refractivity contribution < 1.29 is 38.9 Å². The second-order valence-corrected chi connectivity index (χ2v) is 19.9. The number of hydroxylamine groups is 2. The van der Waals surface area contributed by atoms with Gasteiger partial charge in [0.25, 0.3) is 5.91 Å². The van der Waals surface area contributed by atoms with E-state index in [2.05, 4.69) is 53.8 Å². The summed E-state index contributed by atoms with van der Waals surface area (Å²) in [4.78, 5) is 52.8. The van der Waals surface area contributed by atoms with Crippen LogP contribution in [0.3, 0.4) is 0 Å². The number of nitrogens with one attached hydrogen (secondary N) is 3. The summed E-state index contributed by atoms with van der Waals surface area (Å²) >= 11 is 0. The summed E-state index contributed by atoms with van der Waals surface area (Å²) in [5.74, 6) is 0.708. The van der Waals surface area contributed by atoms with Crippen LogP contribution in [0.1, 0.15) is 67.6 Å². The zero-order valence-electron chi connectivity index (χ0n) is 40.5. The molecule has 14 nitrogen and oxygen atoms in total. The molecule has 3 amide bonds. The van der Waals surface area contributed by atoms with Crippen LogP contribution in [0, 0.1) is 29.1 Å². The topological polar surface area (TPSA) is 165 Å². The number of phenolic OH excluding ortho intramolecular Hbond substituents is 1. The van der Waals surface area contributed by atoms with E-state index in [-0.39, 0.29) is 54.1 Å². The molecule has 4 fully saturated rings. The van der Waals surface area contributed by atoms with Crippen molar-refractivity contribution in [3.8, 4) is 22.6 Å². The van der Waals surface area contributed by atoms with Crippen LogP contribution in [0.15, 0.2) is 91.0 Å². The van der Waals surface area contributed by atoms with Crippen LogP contribution in [-0.4, -0.2) is 117 Å². The second-order valence-electron chi connectivity index (χ2n) is 19.9. The molecule has 360 valence electrons. The van der Waals surface area contributed by atoms with E-state index in [1.807, 2.05) is 87.7 Å². The smallest absolute Gasteiger partial charge is 0.407 e. The number of para-hydroxylation sites is 1. The number of aliphatic hydroxyl groups excluding tert-OH is 1. The summed E-state index contributed by atoms with van der Waals surface area (Å²) in [6.07, 6.45) is 0.278. The predicted molar refractivity (Wildman–Crippen MR) is 259 cm³/mol. The molecule has 3 saturated carbocycles. The molecule has 4 aliphatic rings. The van der Waals surface area contributed by atoms with Gasteiger partial charge >= 0.3 is 6.09 Å². The molecule has 4 aromatic carbocycles. The quantitative estimate of drug-likeness (QED) is 0.0728. The van der Waals surface area contributed by atoms with Crippen molar-refractivity contribution in [2.24, 2.45) is 29.1 Å². The highest BCUT2D eigenvalue weighted by molar-refractivity contribution is 5.97. The van der Waals surface area contributed by atoms with Gasteiger partial charge in [-0.2, -0.15) is 5.06 Å². The first kappa shape index (κ1) is 49.2. The fraction of sp³-hybridized carbons (Fsp3) is 0.491. The lowest BCUT2D eigenvalue weighted by atomic mass is 9.45. The number of aliphatic hydroxyl groups is 1. The first-order valence-electron chi connectivity index (χ1n) is 23.5. The van der Waals surface area contributed by atoms with Gasteiger partial charge in [0.1, 0.15) is 29.7 Å². The lowest BCUT2D eigenvalue weighted by molar-refractivity contribution is -0.183. The molecule has 14 heteroatoms. The summed E-state index contributed by atoms with van der Waals surface area (Å²) in [7, 11) is 9.46. The van der Waals surface area contributed by atoms with E-state index in [0.717, 1.165) is 40.8 Å². The normalized spacial score (nSPS) is 24.0. The van der Waals surface area contributed by atoms with E-state index in [0.29, 0.717) is 41.7 Å². The molecule has 1 saturated heterocycles. The number of amides is 3. The molecule has 0 unspecified atom stereocenters. The average molecular weight is 919 g/mol. The molecule has 3 aliphatic carbocycles. The number of nitrogens with zero attached hydrogens (tertiary/aromatic N) is 3. The number of anilines is 1. The third-order valence-electron chi connectivity index (χ3n) is 14.6. The molecule has 4 aromatic rings. The summed E-state index contributed by atoms with van der Waals surface area (Å²) < 4.78 is 12.1. The first-order chi connectivity index (χ1) is 32.0. The Balaban J connectivity index is 1.17. The molecule has 1 heterocycles. The lowest BCUT2D eigenvalue weighted by Crippen LogP contribution is -2.62. The van der Waals surface area contributed by atoms with E-state index < -0.39 is 36.9 Å². The average Bonchev–Trinajstić information content (AvgIpc) is 3.67. The lowest BCUT2D eigenvalue weighted by Gasteiger charge is -2.62. The highest BCUT2D eigenvalue weighted by Crippen LogP contribution is 2.61. The van der Waals surface area contributed by atoms with E-state index in [9.17, 15) is 24.6 Å². The minimum atomic E-state index is -0.956. The van der Waals surface area contributed by atoms with Gasteiger partial charge in [0, 0.05) is 61.6 Å². The summed E-state index contributed by atoms with van der Waals surface area (Å²) in [6, 6.07) is 27.0. The number of likely N-dealkylation sites (N-methyl/N-ethyl adjacent to an activating group) is 1. The Morgan fingerprint density at radius 2 is 1.67 bits per heavy atom. The van der Waals surface area contributed by atoms with Crippen molar-refractivity contribution >= 4 is 23.6 Å². The third-order valence-corrected chi connectivity index (χ3v) is 14.6. The molecule has 0 spiro atoms. The molecule has 8 rings (SSSR count). The number of hydrogen-bond acceptors (Lipinski definition) is 11. The van der Waals surface area contributed by atoms with Gasteiger partial charge in [-0.05, 0) is 110 Å². The molecule has 2 bridgehead atoms. The minimum Gasteiger partial charge on any atom is -0.508 e. The number of carbonyl (C=O) groups excluding carboxylic acids is 3. The van der Waals surface area contributed by atoms with E-state index in [1.54, 1.807) is 43.4 Å². The van der Waals surface area contributed by atoms with Crippen LogP contribution in [-0.2, 0) is 33.9 Å². The Hall–Kier alpha value is -5.67. The molecule has 1 aliphatic heterocycles. The van der Waals surface area contributed by atoms with Crippen LogP contribution >= 0.6 is 0 Å². The number of fused-ring (bicyclic) bond motifs is 2. The molecule has 5 N–H and O–H groups in total. The van der Waals surface area contributed by atoms with Gasteiger partial charge in [0.2, 0.25) is 5.91 Å². The number of ether oxygens (including phenoxy) is 2. The zero-order chi connectivity index (χ0) is 48.2. The summed E-state index contributed by atoms with van der Waals surface area (Å²) in [5, 5.41) is 31.6. The molecule has 67 heavy (non-hydrogen) atoms. The van der Waals surface area contributed by atoms with Crippen LogP contribution in [0.25, 0.3) is 11.1 Å². The van der Waals surface area contributed by atoms with Gasteiger partial charge < -0.3 is 45.4 Å². The predicted octanol–water partition coefficient (Wildman–Crippen LogP) is 6.63. The Bertz CT molecular complexity index is 2340. The summed E-state index contributed by atoms with van der Waals surface area (Å²) in [5.41, 5.74) is 5.66. The zero-order valence-corrected chi connectivity index (χ0v) is 40.5. The van der Waals surface area contributed by atoms with Gasteiger partial charge in [-0.3, -0.25) is 14.4 Å². The van der Waals surface area contributed by atoms with Crippen molar-refractivity contribution in [2.75, 3.05) is 53.4 Å². The van der Waals surface area contributed by atoms with Crippen LogP contribution < -0.4 is 25.6 Å². The Kier molecular flexibility index (Phi) is 15.5. The minimum absolute atomic E-state index is 0.0467. The maximum atomic E-state index is 14.9. The van der Waals surface area contributed by atoms with Crippen molar-refractivity contribution in [1.29, 1.82) is 0 Å². The third kappa shape index (κ3) is 11.2. The molecule has 0 aromatic heterocycles. The fourth-order valence-electron chi connectivity index (χ4n) is 10.8. The molecular weight excluding hydrogens is 849 g/mol. The number of phenols is 1. The highest BCUT2D eigenvalue weighted by Gasteiger charge is 2.57. The summed E-state index contributed by atoms with van der Waals surface area (Å²) in [6.45, 7) is 9.07. The number of aromatic hydroxyl groups is 1. The number of hydrogen-bond donors (Lipinski definition) is 5. The van der Waals surface area contributed by atoms with Crippen molar-refractivity contribution in [3.63, 3.8) is 0 Å². The van der Waals surface area contributed by atoms with Crippen LogP contribution in [0.5, 0.6) is 11.5 Å². The van der Waals surface area contributed by atoms with Gasteiger partial charge in [0.15, 0.2) is 0 Å². The van der Waals surface area contributed by atoms with E-state index in [4.69, 9.17) is 14.3 Å². The van der Waals surface area contributed by atoms with Gasteiger partial charge in [-0.25, -0.2) is 4.79 Å². The van der Waals surface area contributed by atoms with Crippen molar-refractivity contribution in [2.45, 2.75) is 90.4 Å².